The van der Waals surface area contributed by atoms with Gasteiger partial charge in [-0.15, -0.1) is 0 Å². The topological polar surface area (TPSA) is 12.0 Å². The molecule has 0 fully saturated rings. The lowest BCUT2D eigenvalue weighted by Crippen LogP contribution is -2.24. The van der Waals surface area contributed by atoms with E-state index < -0.39 is 6.43 Å². The average molecular weight is 203 g/mol. The molecule has 1 N–H and O–H groups in total. The molecule has 1 aromatic carbocycles. The van der Waals surface area contributed by atoms with E-state index in [4.69, 9.17) is 0 Å². The second kappa shape index (κ2) is 5.00. The van der Waals surface area contributed by atoms with Gasteiger partial charge in [0.2, 0.25) is 0 Å². The Labute approximate surface area is 80.9 Å². The Morgan fingerprint density at radius 1 is 1.21 bits per heavy atom. The van der Waals surface area contributed by atoms with Crippen LogP contribution in [-0.2, 0) is 0 Å². The molecular formula is C10H12F3N. The minimum Gasteiger partial charge on any atom is -0.305 e. The predicted octanol–water partition coefficient (Wildman–Crippen LogP) is 2.74. The summed E-state index contributed by atoms with van der Waals surface area (Å²) in [4.78, 5) is 0. The van der Waals surface area contributed by atoms with Gasteiger partial charge in [0.05, 0.1) is 6.54 Å². The lowest BCUT2D eigenvalue weighted by molar-refractivity contribution is 0.142. The van der Waals surface area contributed by atoms with Crippen LogP contribution in [0.3, 0.4) is 0 Å². The van der Waals surface area contributed by atoms with Crippen LogP contribution < -0.4 is 5.32 Å². The lowest BCUT2D eigenvalue weighted by Gasteiger charge is -2.13. The number of benzene rings is 1. The molecule has 0 bridgehead atoms. The molecule has 0 aliphatic heterocycles. The van der Waals surface area contributed by atoms with Crippen molar-refractivity contribution in [2.45, 2.75) is 19.4 Å². The molecule has 4 heteroatoms. The fourth-order valence-corrected chi connectivity index (χ4v) is 1.14. The maximum absolute atomic E-state index is 12.5. The molecular weight excluding hydrogens is 191 g/mol. The number of alkyl halides is 2. The highest BCUT2D eigenvalue weighted by Crippen LogP contribution is 2.12. The molecule has 1 rings (SSSR count). The molecule has 14 heavy (non-hydrogen) atoms. The maximum Gasteiger partial charge on any atom is 0.250 e. The zero-order valence-electron chi connectivity index (χ0n) is 7.81. The first-order valence-corrected chi connectivity index (χ1v) is 4.36. The highest BCUT2D eigenvalue weighted by atomic mass is 19.3. The summed E-state index contributed by atoms with van der Waals surface area (Å²) < 4.78 is 36.2. The second-order valence-corrected chi connectivity index (χ2v) is 3.07. The van der Waals surface area contributed by atoms with E-state index in [0.717, 1.165) is 5.56 Å². The van der Waals surface area contributed by atoms with Crippen LogP contribution in [-0.4, -0.2) is 13.0 Å². The van der Waals surface area contributed by atoms with Crippen molar-refractivity contribution in [3.63, 3.8) is 0 Å². The van der Waals surface area contributed by atoms with Gasteiger partial charge in [0.1, 0.15) is 5.82 Å². The van der Waals surface area contributed by atoms with Gasteiger partial charge in [-0.3, -0.25) is 0 Å². The van der Waals surface area contributed by atoms with Crippen LogP contribution in [0.5, 0.6) is 0 Å². The molecule has 0 spiro atoms. The van der Waals surface area contributed by atoms with Gasteiger partial charge < -0.3 is 5.32 Å². The zero-order chi connectivity index (χ0) is 10.6. The van der Waals surface area contributed by atoms with Gasteiger partial charge in [-0.25, -0.2) is 13.2 Å². The molecule has 0 unspecified atom stereocenters. The maximum atomic E-state index is 12.5. The van der Waals surface area contributed by atoms with Crippen molar-refractivity contribution < 1.29 is 13.2 Å². The van der Waals surface area contributed by atoms with E-state index in [-0.39, 0.29) is 18.4 Å². The molecule has 0 aliphatic carbocycles. The van der Waals surface area contributed by atoms with Crippen molar-refractivity contribution in [2.24, 2.45) is 0 Å². The Morgan fingerprint density at radius 2 is 1.79 bits per heavy atom. The van der Waals surface area contributed by atoms with Crippen LogP contribution in [0.1, 0.15) is 18.5 Å². The van der Waals surface area contributed by atoms with Gasteiger partial charge in [-0.05, 0) is 24.6 Å². The quantitative estimate of drug-likeness (QED) is 0.793. The first kappa shape index (κ1) is 11.0. The van der Waals surface area contributed by atoms with E-state index in [1.165, 1.54) is 12.1 Å². The summed E-state index contributed by atoms with van der Waals surface area (Å²) in [5.74, 6) is -0.324. The van der Waals surface area contributed by atoms with Crippen molar-refractivity contribution in [2.75, 3.05) is 6.54 Å². The summed E-state index contributed by atoms with van der Waals surface area (Å²) in [5.41, 5.74) is 0.798. The normalized spacial score (nSPS) is 13.2. The first-order chi connectivity index (χ1) is 6.59. The monoisotopic (exact) mass is 203 g/mol. The molecule has 0 heterocycles. The minimum atomic E-state index is -2.36. The number of hydrogen-bond donors (Lipinski definition) is 1. The molecule has 1 nitrogen and oxygen atoms in total. The molecule has 0 aromatic heterocycles. The largest absolute Gasteiger partial charge is 0.305 e. The summed E-state index contributed by atoms with van der Waals surface area (Å²) in [6.45, 7) is 1.41. The fraction of sp³-hybridized carbons (Fsp3) is 0.400. The van der Waals surface area contributed by atoms with Crippen LogP contribution in [0, 0.1) is 5.82 Å². The standard InChI is InChI=1S/C10H12F3N/c1-7(14-6-10(12)13)8-2-4-9(11)5-3-8/h2-5,7,10,14H,6H2,1H3/t7-/m1/s1. The van der Waals surface area contributed by atoms with Crippen LogP contribution >= 0.6 is 0 Å². The molecule has 0 amide bonds. The Morgan fingerprint density at radius 3 is 2.29 bits per heavy atom. The third-order valence-corrected chi connectivity index (χ3v) is 1.95. The van der Waals surface area contributed by atoms with Crippen LogP contribution in [0.25, 0.3) is 0 Å². The second-order valence-electron chi connectivity index (χ2n) is 3.07. The summed E-state index contributed by atoms with van der Waals surface area (Å²) >= 11 is 0. The van der Waals surface area contributed by atoms with Crippen LogP contribution in [0.4, 0.5) is 13.2 Å². The lowest BCUT2D eigenvalue weighted by atomic mass is 10.1. The van der Waals surface area contributed by atoms with Gasteiger partial charge in [-0.1, -0.05) is 12.1 Å². The van der Waals surface area contributed by atoms with Gasteiger partial charge >= 0.3 is 0 Å². The summed E-state index contributed by atoms with van der Waals surface area (Å²) in [5, 5.41) is 2.65. The Kier molecular flexibility index (Phi) is 3.95. The molecule has 0 radical (unpaired) electrons. The molecule has 78 valence electrons. The van der Waals surface area contributed by atoms with E-state index in [1.54, 1.807) is 19.1 Å². The Balaban J connectivity index is 2.52. The van der Waals surface area contributed by atoms with Gasteiger partial charge in [0, 0.05) is 6.04 Å². The highest BCUT2D eigenvalue weighted by Gasteiger charge is 2.07. The van der Waals surface area contributed by atoms with Crippen molar-refractivity contribution in [3.05, 3.63) is 35.6 Å². The smallest absolute Gasteiger partial charge is 0.250 e. The summed E-state index contributed by atoms with van der Waals surface area (Å²) in [7, 11) is 0. The minimum absolute atomic E-state index is 0.190. The van der Waals surface area contributed by atoms with Crippen LogP contribution in [0.2, 0.25) is 0 Å². The SMILES string of the molecule is C[C@@H](NCC(F)F)c1ccc(F)cc1. The number of halogens is 3. The van der Waals surface area contributed by atoms with E-state index >= 15 is 0 Å². The van der Waals surface area contributed by atoms with E-state index in [1.807, 2.05) is 0 Å². The summed E-state index contributed by atoms with van der Waals surface area (Å²) in [6.07, 6.45) is -2.36. The Hall–Kier alpha value is -1.03. The van der Waals surface area contributed by atoms with Crippen LogP contribution in [0.15, 0.2) is 24.3 Å². The van der Waals surface area contributed by atoms with E-state index in [9.17, 15) is 13.2 Å². The van der Waals surface area contributed by atoms with Crippen molar-refractivity contribution in [1.82, 2.24) is 5.32 Å². The van der Waals surface area contributed by atoms with Gasteiger partial charge in [-0.2, -0.15) is 0 Å². The van der Waals surface area contributed by atoms with E-state index in [0.29, 0.717) is 0 Å². The number of hydrogen-bond acceptors (Lipinski definition) is 1. The molecule has 0 aliphatic rings. The first-order valence-electron chi connectivity index (χ1n) is 4.36. The average Bonchev–Trinajstić information content (AvgIpc) is 2.15. The third kappa shape index (κ3) is 3.38. The van der Waals surface area contributed by atoms with Crippen molar-refractivity contribution >= 4 is 0 Å². The molecule has 1 aromatic rings. The third-order valence-electron chi connectivity index (χ3n) is 1.95. The molecule has 0 saturated carbocycles. The zero-order valence-corrected chi connectivity index (χ0v) is 7.81. The number of nitrogens with one attached hydrogen (secondary N) is 1. The van der Waals surface area contributed by atoms with Crippen molar-refractivity contribution in [3.8, 4) is 0 Å². The van der Waals surface area contributed by atoms with Crippen molar-refractivity contribution in [1.29, 1.82) is 0 Å². The molecule has 0 saturated heterocycles. The molecule has 1 atom stereocenters. The Bertz CT molecular complexity index is 271. The van der Waals surface area contributed by atoms with Gasteiger partial charge in [0.25, 0.3) is 6.43 Å². The fourth-order valence-electron chi connectivity index (χ4n) is 1.14. The predicted molar refractivity (Wildman–Crippen MR) is 48.8 cm³/mol. The summed E-state index contributed by atoms with van der Waals surface area (Å²) in [6, 6.07) is 5.60. The number of rotatable bonds is 4. The highest BCUT2D eigenvalue weighted by molar-refractivity contribution is 5.19. The van der Waals surface area contributed by atoms with E-state index in [2.05, 4.69) is 5.32 Å². The van der Waals surface area contributed by atoms with Gasteiger partial charge in [0.15, 0.2) is 0 Å².